The van der Waals surface area contributed by atoms with E-state index < -0.39 is 34.1 Å². The molecule has 0 bridgehead atoms. The van der Waals surface area contributed by atoms with Crippen LogP contribution < -0.4 is 19.1 Å². The van der Waals surface area contributed by atoms with Crippen molar-refractivity contribution in [2.45, 2.75) is 52.2 Å². The Morgan fingerprint density at radius 2 is 1.73 bits per heavy atom. The third kappa shape index (κ3) is 7.43. The number of sulfonamides is 1. The van der Waals surface area contributed by atoms with Gasteiger partial charge in [0.1, 0.15) is 12.6 Å². The Bertz CT molecular complexity index is 1280. The number of benzene rings is 2. The number of nitrogens with zero attached hydrogens (tertiary/aromatic N) is 2. The fourth-order valence-electron chi connectivity index (χ4n) is 3.86. The van der Waals surface area contributed by atoms with Crippen molar-refractivity contribution in [1.29, 1.82) is 0 Å². The summed E-state index contributed by atoms with van der Waals surface area (Å²) in [6.07, 6.45) is 1.32. The van der Waals surface area contributed by atoms with Crippen LogP contribution in [-0.4, -0.2) is 56.3 Å². The number of amides is 2. The first-order valence-electron chi connectivity index (χ1n) is 11.6. The topological polar surface area (TPSA) is 105 Å². The van der Waals surface area contributed by atoms with Crippen LogP contribution in [0.25, 0.3) is 0 Å². The molecular weight excluding hydrogens is 541 g/mol. The lowest BCUT2D eigenvalue weighted by Gasteiger charge is -2.34. The van der Waals surface area contributed by atoms with Gasteiger partial charge < -0.3 is 19.7 Å². The predicted octanol–water partition coefficient (Wildman–Crippen LogP) is 4.21. The first-order valence-corrected chi connectivity index (χ1v) is 14.2. The Kier molecular flexibility index (Phi) is 8.87. The van der Waals surface area contributed by atoms with Crippen LogP contribution in [0.3, 0.4) is 0 Å². The van der Waals surface area contributed by atoms with Crippen LogP contribution in [0.15, 0.2) is 36.4 Å². The van der Waals surface area contributed by atoms with Crippen LogP contribution in [-0.2, 0) is 26.2 Å². The summed E-state index contributed by atoms with van der Waals surface area (Å²) in [7, 11) is -3.88. The van der Waals surface area contributed by atoms with Gasteiger partial charge in [0.05, 0.1) is 22.0 Å². The van der Waals surface area contributed by atoms with E-state index in [-0.39, 0.29) is 24.9 Å². The number of hydrogen-bond acceptors (Lipinski definition) is 6. The van der Waals surface area contributed by atoms with E-state index in [4.69, 9.17) is 32.7 Å². The smallest absolute Gasteiger partial charge is 0.244 e. The quantitative estimate of drug-likeness (QED) is 0.483. The molecule has 3 rings (SSSR count). The SMILES string of the molecule is CC[C@H](C(=O)NC(C)(C)C)N(Cc1ccc(Cl)c(Cl)c1)C(=O)CN(c1ccc2c(c1)OCO2)S(C)(=O)=O. The minimum Gasteiger partial charge on any atom is -0.454 e. The van der Waals surface area contributed by atoms with Gasteiger partial charge in [0.2, 0.25) is 28.6 Å². The molecule has 0 radical (unpaired) electrons. The molecule has 0 aliphatic carbocycles. The summed E-state index contributed by atoms with van der Waals surface area (Å²) in [6, 6.07) is 8.68. The number of hydrogen-bond donors (Lipinski definition) is 1. The van der Waals surface area contributed by atoms with Crippen LogP contribution in [0, 0.1) is 0 Å². The van der Waals surface area contributed by atoms with Crippen molar-refractivity contribution >= 4 is 50.7 Å². The zero-order valence-corrected chi connectivity index (χ0v) is 23.7. The molecule has 1 heterocycles. The summed E-state index contributed by atoms with van der Waals surface area (Å²) in [6.45, 7) is 6.82. The molecule has 12 heteroatoms. The van der Waals surface area contributed by atoms with E-state index in [1.807, 2.05) is 20.8 Å². The number of carbonyl (C=O) groups excluding carboxylic acids is 2. The maximum Gasteiger partial charge on any atom is 0.244 e. The van der Waals surface area contributed by atoms with Crippen molar-refractivity contribution in [2.75, 3.05) is 23.9 Å². The molecule has 0 fully saturated rings. The summed E-state index contributed by atoms with van der Waals surface area (Å²) in [4.78, 5) is 28.3. The van der Waals surface area contributed by atoms with Gasteiger partial charge in [-0.3, -0.25) is 13.9 Å². The molecule has 2 aromatic rings. The second-order valence-electron chi connectivity index (χ2n) is 9.74. The van der Waals surface area contributed by atoms with Crippen LogP contribution in [0.4, 0.5) is 5.69 Å². The monoisotopic (exact) mass is 571 g/mol. The van der Waals surface area contributed by atoms with E-state index in [0.717, 1.165) is 10.6 Å². The number of halogens is 2. The minimum absolute atomic E-state index is 0.0184. The standard InChI is InChI=1S/C25H31Cl2N3O6S/c1-6-20(24(32)28-25(2,3)4)29(13-16-7-9-18(26)19(27)11-16)23(31)14-30(37(5,33)34)17-8-10-21-22(12-17)36-15-35-21/h7-12,20H,6,13-15H2,1-5H3,(H,28,32)/t20-/m1/s1. The Morgan fingerprint density at radius 1 is 1.05 bits per heavy atom. The molecule has 37 heavy (non-hydrogen) atoms. The van der Waals surface area contributed by atoms with E-state index in [1.54, 1.807) is 31.2 Å². The minimum atomic E-state index is -3.88. The maximum absolute atomic E-state index is 13.8. The van der Waals surface area contributed by atoms with E-state index in [2.05, 4.69) is 5.32 Å². The lowest BCUT2D eigenvalue weighted by Crippen LogP contribution is -2.55. The second-order valence-corrected chi connectivity index (χ2v) is 12.5. The molecule has 1 aliphatic rings. The van der Waals surface area contributed by atoms with Crippen molar-refractivity contribution in [1.82, 2.24) is 10.2 Å². The highest BCUT2D eigenvalue weighted by molar-refractivity contribution is 7.92. The zero-order chi connectivity index (χ0) is 27.5. The molecule has 2 aromatic carbocycles. The molecule has 202 valence electrons. The first kappa shape index (κ1) is 28.9. The summed E-state index contributed by atoms with van der Waals surface area (Å²) >= 11 is 12.2. The van der Waals surface area contributed by atoms with Crippen LogP contribution in [0.2, 0.25) is 10.0 Å². The van der Waals surface area contributed by atoms with E-state index in [9.17, 15) is 18.0 Å². The van der Waals surface area contributed by atoms with Gasteiger partial charge in [-0.1, -0.05) is 36.2 Å². The molecule has 0 unspecified atom stereocenters. The Morgan fingerprint density at radius 3 is 2.32 bits per heavy atom. The van der Waals surface area contributed by atoms with Gasteiger partial charge in [-0.05, 0) is 57.0 Å². The maximum atomic E-state index is 13.8. The highest BCUT2D eigenvalue weighted by atomic mass is 35.5. The van der Waals surface area contributed by atoms with E-state index >= 15 is 0 Å². The molecule has 1 atom stereocenters. The highest BCUT2D eigenvalue weighted by Gasteiger charge is 2.33. The second kappa shape index (κ2) is 11.4. The number of carbonyl (C=O) groups is 2. The molecule has 1 aliphatic heterocycles. The fraction of sp³-hybridized carbons (Fsp3) is 0.440. The average molecular weight is 573 g/mol. The van der Waals surface area contributed by atoms with E-state index in [0.29, 0.717) is 33.5 Å². The molecule has 2 amide bonds. The lowest BCUT2D eigenvalue weighted by atomic mass is 10.1. The Hall–Kier alpha value is -2.69. The van der Waals surface area contributed by atoms with Gasteiger partial charge in [-0.25, -0.2) is 8.42 Å². The predicted molar refractivity (Wildman–Crippen MR) is 144 cm³/mol. The molecule has 0 aromatic heterocycles. The lowest BCUT2D eigenvalue weighted by molar-refractivity contribution is -0.141. The number of nitrogens with one attached hydrogen (secondary N) is 1. The van der Waals surface area contributed by atoms with Gasteiger partial charge in [-0.15, -0.1) is 0 Å². The summed E-state index contributed by atoms with van der Waals surface area (Å²) < 4.78 is 37.2. The number of rotatable bonds is 9. The fourth-order valence-corrected chi connectivity index (χ4v) is 5.02. The molecule has 0 saturated heterocycles. The van der Waals surface area contributed by atoms with Crippen molar-refractivity contribution in [2.24, 2.45) is 0 Å². The average Bonchev–Trinajstić information content (AvgIpc) is 3.25. The van der Waals surface area contributed by atoms with Crippen molar-refractivity contribution in [3.8, 4) is 11.5 Å². The molecular formula is C25H31Cl2N3O6S. The number of fused-ring (bicyclic) bond motifs is 1. The number of ether oxygens (including phenoxy) is 2. The third-order valence-corrected chi connectivity index (χ3v) is 7.42. The van der Waals surface area contributed by atoms with Gasteiger partial charge >= 0.3 is 0 Å². The largest absolute Gasteiger partial charge is 0.454 e. The van der Waals surface area contributed by atoms with Crippen molar-refractivity contribution < 1.29 is 27.5 Å². The van der Waals surface area contributed by atoms with Crippen molar-refractivity contribution in [3.05, 3.63) is 52.0 Å². The van der Waals surface area contributed by atoms with Gasteiger partial charge in [-0.2, -0.15) is 0 Å². The molecule has 0 saturated carbocycles. The van der Waals surface area contributed by atoms with Crippen LogP contribution in [0.1, 0.15) is 39.7 Å². The molecule has 1 N–H and O–H groups in total. The third-order valence-electron chi connectivity index (χ3n) is 5.54. The van der Waals surface area contributed by atoms with Crippen molar-refractivity contribution in [3.63, 3.8) is 0 Å². The van der Waals surface area contributed by atoms with Gasteiger partial charge in [0.25, 0.3) is 0 Å². The highest BCUT2D eigenvalue weighted by Crippen LogP contribution is 2.36. The van der Waals surface area contributed by atoms with Gasteiger partial charge in [0.15, 0.2) is 11.5 Å². The van der Waals surface area contributed by atoms with Crippen LogP contribution >= 0.6 is 23.2 Å². The molecule has 0 spiro atoms. The summed E-state index contributed by atoms with van der Waals surface area (Å²) in [5.74, 6) is -0.0561. The van der Waals surface area contributed by atoms with E-state index in [1.165, 1.54) is 17.0 Å². The Balaban J connectivity index is 1.98. The molecule has 9 nitrogen and oxygen atoms in total. The van der Waals surface area contributed by atoms with Gasteiger partial charge in [0, 0.05) is 18.2 Å². The van der Waals surface area contributed by atoms with Crippen LogP contribution in [0.5, 0.6) is 11.5 Å². The Labute approximate surface area is 227 Å². The first-order chi connectivity index (χ1) is 17.2. The summed E-state index contributed by atoms with van der Waals surface area (Å²) in [5.41, 5.74) is 0.342. The summed E-state index contributed by atoms with van der Waals surface area (Å²) in [5, 5.41) is 3.57. The zero-order valence-electron chi connectivity index (χ0n) is 21.4. The normalized spacial score (nSPS) is 13.7. The number of anilines is 1.